The molecule has 1 rings (SSSR count). The maximum atomic E-state index is 12.1. The van der Waals surface area contributed by atoms with E-state index in [1.807, 2.05) is 37.9 Å². The molecule has 0 saturated heterocycles. The van der Waals surface area contributed by atoms with Crippen molar-refractivity contribution in [3.8, 4) is 0 Å². The van der Waals surface area contributed by atoms with Crippen LogP contribution in [0.2, 0.25) is 0 Å². The van der Waals surface area contributed by atoms with Gasteiger partial charge in [-0.2, -0.15) is 0 Å². The van der Waals surface area contributed by atoms with Crippen LogP contribution in [0.5, 0.6) is 0 Å². The molecule has 0 fully saturated rings. The van der Waals surface area contributed by atoms with E-state index in [-0.39, 0.29) is 11.8 Å². The normalized spacial score (nSPS) is 12.4. The quantitative estimate of drug-likeness (QED) is 0.699. The molecule has 1 aromatic rings. The first-order valence-corrected chi connectivity index (χ1v) is 7.48. The molecule has 0 bridgehead atoms. The third-order valence-corrected chi connectivity index (χ3v) is 3.60. The van der Waals surface area contributed by atoms with Gasteiger partial charge in [-0.3, -0.25) is 4.79 Å². The van der Waals surface area contributed by atoms with Gasteiger partial charge in [0, 0.05) is 25.4 Å². The zero-order chi connectivity index (χ0) is 14.3. The minimum absolute atomic E-state index is 0.0984. The molecule has 0 aromatic carbocycles. The van der Waals surface area contributed by atoms with Crippen molar-refractivity contribution in [2.45, 2.75) is 59.3 Å². The van der Waals surface area contributed by atoms with Gasteiger partial charge in [0.15, 0.2) is 0 Å². The van der Waals surface area contributed by atoms with Crippen LogP contribution in [-0.2, 0) is 11.8 Å². The summed E-state index contributed by atoms with van der Waals surface area (Å²) >= 11 is 0. The Hall–Kier alpha value is -1.25. The second-order valence-electron chi connectivity index (χ2n) is 5.61. The molecule has 1 N–H and O–H groups in total. The van der Waals surface area contributed by atoms with Crippen LogP contribution in [-0.4, -0.2) is 10.5 Å². The van der Waals surface area contributed by atoms with E-state index in [4.69, 9.17) is 0 Å². The standard InChI is InChI=1S/C16H28N2O/c1-5-6-7-8-9-10-13(2)16(19)17-15-12-18(4)11-14(15)3/h11-13H,5-10H2,1-4H3,(H,17,19). The molecule has 1 heterocycles. The highest BCUT2D eigenvalue weighted by molar-refractivity contribution is 5.92. The number of unbranched alkanes of at least 4 members (excludes halogenated alkanes) is 4. The summed E-state index contributed by atoms with van der Waals surface area (Å²) in [6, 6.07) is 0. The number of carbonyl (C=O) groups is 1. The van der Waals surface area contributed by atoms with Crippen LogP contribution in [0.25, 0.3) is 0 Å². The molecule has 0 radical (unpaired) electrons. The Bertz CT molecular complexity index is 395. The van der Waals surface area contributed by atoms with Crippen LogP contribution in [0.3, 0.4) is 0 Å². The van der Waals surface area contributed by atoms with Gasteiger partial charge in [0.05, 0.1) is 5.69 Å². The van der Waals surface area contributed by atoms with Gasteiger partial charge < -0.3 is 9.88 Å². The highest BCUT2D eigenvalue weighted by Gasteiger charge is 2.14. The number of anilines is 1. The van der Waals surface area contributed by atoms with Crippen molar-refractivity contribution in [3.05, 3.63) is 18.0 Å². The number of aryl methyl sites for hydroxylation is 2. The summed E-state index contributed by atoms with van der Waals surface area (Å²) in [4.78, 5) is 12.1. The molecule has 3 nitrogen and oxygen atoms in total. The summed E-state index contributed by atoms with van der Waals surface area (Å²) in [5.41, 5.74) is 2.05. The second kappa shape index (κ2) is 8.03. The summed E-state index contributed by atoms with van der Waals surface area (Å²) in [5, 5.41) is 3.02. The Balaban J connectivity index is 2.30. The Morgan fingerprint density at radius 3 is 2.53 bits per heavy atom. The molecule has 0 spiro atoms. The van der Waals surface area contributed by atoms with Crippen molar-refractivity contribution in [1.29, 1.82) is 0 Å². The third-order valence-electron chi connectivity index (χ3n) is 3.60. The SMILES string of the molecule is CCCCCCCC(C)C(=O)Nc1cn(C)cc1C. The van der Waals surface area contributed by atoms with Crippen molar-refractivity contribution in [3.63, 3.8) is 0 Å². The van der Waals surface area contributed by atoms with E-state index in [9.17, 15) is 4.79 Å². The maximum absolute atomic E-state index is 12.1. The molecule has 3 heteroatoms. The molecule has 0 saturated carbocycles. The Morgan fingerprint density at radius 1 is 1.26 bits per heavy atom. The van der Waals surface area contributed by atoms with Crippen LogP contribution in [0, 0.1) is 12.8 Å². The number of aromatic nitrogens is 1. The summed E-state index contributed by atoms with van der Waals surface area (Å²) in [5.74, 6) is 0.242. The Kier molecular flexibility index (Phi) is 6.68. The number of hydrogen-bond acceptors (Lipinski definition) is 1. The van der Waals surface area contributed by atoms with Gasteiger partial charge in [-0.25, -0.2) is 0 Å². The van der Waals surface area contributed by atoms with E-state index in [0.717, 1.165) is 24.1 Å². The van der Waals surface area contributed by atoms with Gasteiger partial charge in [0.2, 0.25) is 5.91 Å². The van der Waals surface area contributed by atoms with Crippen LogP contribution >= 0.6 is 0 Å². The smallest absolute Gasteiger partial charge is 0.227 e. The lowest BCUT2D eigenvalue weighted by molar-refractivity contribution is -0.119. The summed E-state index contributed by atoms with van der Waals surface area (Å²) < 4.78 is 1.97. The molecule has 0 aliphatic carbocycles. The second-order valence-corrected chi connectivity index (χ2v) is 5.61. The fourth-order valence-corrected chi connectivity index (χ4v) is 2.29. The first-order chi connectivity index (χ1) is 9.04. The molecular formula is C16H28N2O. The van der Waals surface area contributed by atoms with Crippen LogP contribution < -0.4 is 5.32 Å². The van der Waals surface area contributed by atoms with Gasteiger partial charge in [-0.15, -0.1) is 0 Å². The summed E-state index contributed by atoms with van der Waals surface area (Å²) in [7, 11) is 1.97. The van der Waals surface area contributed by atoms with Gasteiger partial charge in [0.1, 0.15) is 0 Å². The van der Waals surface area contributed by atoms with E-state index in [0.29, 0.717) is 0 Å². The van der Waals surface area contributed by atoms with E-state index < -0.39 is 0 Å². The van der Waals surface area contributed by atoms with E-state index in [2.05, 4.69) is 12.2 Å². The van der Waals surface area contributed by atoms with Crippen LogP contribution in [0.1, 0.15) is 57.9 Å². The lowest BCUT2D eigenvalue weighted by Crippen LogP contribution is -2.20. The van der Waals surface area contributed by atoms with Crippen molar-refractivity contribution in [2.75, 3.05) is 5.32 Å². The molecule has 1 amide bonds. The number of nitrogens with zero attached hydrogens (tertiary/aromatic N) is 1. The van der Waals surface area contributed by atoms with Gasteiger partial charge >= 0.3 is 0 Å². The van der Waals surface area contributed by atoms with Gasteiger partial charge in [-0.05, 0) is 18.9 Å². The predicted octanol–water partition coefficient (Wildman–Crippen LogP) is 4.27. The number of nitrogens with one attached hydrogen (secondary N) is 1. The molecular weight excluding hydrogens is 236 g/mol. The summed E-state index contributed by atoms with van der Waals surface area (Å²) in [6.07, 6.45) is 11.2. The molecule has 1 unspecified atom stereocenters. The Labute approximate surface area is 117 Å². The fraction of sp³-hybridized carbons (Fsp3) is 0.688. The average Bonchev–Trinajstić information content (AvgIpc) is 2.67. The summed E-state index contributed by atoms with van der Waals surface area (Å²) in [6.45, 7) is 6.26. The van der Waals surface area contributed by atoms with E-state index in [1.54, 1.807) is 0 Å². The third kappa shape index (κ3) is 5.50. The zero-order valence-electron chi connectivity index (χ0n) is 12.8. The largest absolute Gasteiger partial charge is 0.355 e. The monoisotopic (exact) mass is 264 g/mol. The van der Waals surface area contributed by atoms with Gasteiger partial charge in [-0.1, -0.05) is 46.0 Å². The highest BCUT2D eigenvalue weighted by atomic mass is 16.1. The van der Waals surface area contributed by atoms with Crippen molar-refractivity contribution >= 4 is 11.6 Å². The van der Waals surface area contributed by atoms with Crippen LogP contribution in [0.4, 0.5) is 5.69 Å². The van der Waals surface area contributed by atoms with Crippen LogP contribution in [0.15, 0.2) is 12.4 Å². The number of carbonyl (C=O) groups excluding carboxylic acids is 1. The minimum Gasteiger partial charge on any atom is -0.355 e. The topological polar surface area (TPSA) is 34.0 Å². The minimum atomic E-state index is 0.0984. The predicted molar refractivity (Wildman–Crippen MR) is 81.3 cm³/mol. The van der Waals surface area contributed by atoms with Gasteiger partial charge in [0.25, 0.3) is 0 Å². The highest BCUT2D eigenvalue weighted by Crippen LogP contribution is 2.18. The molecule has 0 aliphatic rings. The molecule has 0 aliphatic heterocycles. The maximum Gasteiger partial charge on any atom is 0.227 e. The van der Waals surface area contributed by atoms with E-state index in [1.165, 1.54) is 25.7 Å². The molecule has 1 aromatic heterocycles. The lowest BCUT2D eigenvalue weighted by Gasteiger charge is -2.11. The average molecular weight is 264 g/mol. The first kappa shape index (κ1) is 15.8. The first-order valence-electron chi connectivity index (χ1n) is 7.48. The zero-order valence-corrected chi connectivity index (χ0v) is 12.8. The molecule has 108 valence electrons. The van der Waals surface area contributed by atoms with Crippen molar-refractivity contribution < 1.29 is 4.79 Å². The van der Waals surface area contributed by atoms with Crippen molar-refractivity contribution in [1.82, 2.24) is 4.57 Å². The molecule has 1 atom stereocenters. The van der Waals surface area contributed by atoms with Crippen molar-refractivity contribution in [2.24, 2.45) is 13.0 Å². The van der Waals surface area contributed by atoms with E-state index >= 15 is 0 Å². The Morgan fingerprint density at radius 2 is 1.95 bits per heavy atom. The number of rotatable bonds is 8. The number of amides is 1. The lowest BCUT2D eigenvalue weighted by atomic mass is 10.0. The fourth-order valence-electron chi connectivity index (χ4n) is 2.29. The molecule has 19 heavy (non-hydrogen) atoms. The number of hydrogen-bond donors (Lipinski definition) is 1.